The second-order valence-corrected chi connectivity index (χ2v) is 9.19. The standard InChI is InChI=1S/C19H24BrFO3/c1-19-8-16(24-2)17-10(12(19)7-13(20)18(19)23)4-3-9-5-15(22)14(21)6-11(9)17/h5-6,10,12-13,16-18,22-23H,3-4,7-8H2,1-2H3/t10-,12-,13-,16-,17-,18-,19-/m0/s1. The monoisotopic (exact) mass is 398 g/mol. The molecule has 4 rings (SSSR count). The van der Waals surface area contributed by atoms with Gasteiger partial charge in [-0.3, -0.25) is 0 Å². The first kappa shape index (κ1) is 16.8. The number of ether oxygens (including phenoxy) is 1. The minimum atomic E-state index is -0.553. The minimum absolute atomic E-state index is 0.0355. The van der Waals surface area contributed by atoms with E-state index in [1.807, 2.05) is 0 Å². The molecule has 0 aromatic heterocycles. The molecule has 5 heteroatoms. The molecule has 2 saturated carbocycles. The lowest BCUT2D eigenvalue weighted by Crippen LogP contribution is -2.51. The number of aliphatic hydroxyl groups excluding tert-OH is 1. The van der Waals surface area contributed by atoms with Crippen molar-refractivity contribution in [2.75, 3.05) is 7.11 Å². The van der Waals surface area contributed by atoms with Crippen LogP contribution in [-0.2, 0) is 11.2 Å². The minimum Gasteiger partial charge on any atom is -0.505 e. The topological polar surface area (TPSA) is 49.7 Å². The highest BCUT2D eigenvalue weighted by atomic mass is 79.9. The molecule has 3 nitrogen and oxygen atoms in total. The fourth-order valence-electron chi connectivity index (χ4n) is 5.81. The van der Waals surface area contributed by atoms with Gasteiger partial charge in [-0.1, -0.05) is 22.9 Å². The molecule has 0 spiro atoms. The largest absolute Gasteiger partial charge is 0.505 e. The van der Waals surface area contributed by atoms with Gasteiger partial charge in [-0.2, -0.15) is 0 Å². The van der Waals surface area contributed by atoms with Crippen LogP contribution in [0.25, 0.3) is 0 Å². The van der Waals surface area contributed by atoms with Crippen molar-refractivity contribution < 1.29 is 19.3 Å². The number of phenolic OH excluding ortho intramolecular Hbond substituents is 1. The summed E-state index contributed by atoms with van der Waals surface area (Å²) in [5.41, 5.74) is 1.86. The molecular weight excluding hydrogens is 375 g/mol. The van der Waals surface area contributed by atoms with Crippen LogP contribution in [0.15, 0.2) is 12.1 Å². The van der Waals surface area contributed by atoms with Crippen molar-refractivity contribution in [3.8, 4) is 5.75 Å². The fraction of sp³-hybridized carbons (Fsp3) is 0.684. The normalized spacial score (nSPS) is 43.9. The molecular formula is C19H24BrFO3. The smallest absolute Gasteiger partial charge is 0.165 e. The number of methoxy groups -OCH3 is 1. The number of fused-ring (bicyclic) bond motifs is 5. The van der Waals surface area contributed by atoms with Gasteiger partial charge in [0.15, 0.2) is 11.6 Å². The quantitative estimate of drug-likeness (QED) is 0.708. The third-order valence-corrected chi connectivity index (χ3v) is 7.86. The number of alkyl halides is 1. The molecule has 0 bridgehead atoms. The molecule has 2 N–H and O–H groups in total. The molecule has 0 unspecified atom stereocenters. The highest BCUT2D eigenvalue weighted by Gasteiger charge is 2.60. The van der Waals surface area contributed by atoms with E-state index in [1.165, 1.54) is 6.07 Å². The Kier molecular flexibility index (Phi) is 3.98. The summed E-state index contributed by atoms with van der Waals surface area (Å²) in [7, 11) is 1.71. The molecule has 0 radical (unpaired) electrons. The van der Waals surface area contributed by atoms with Gasteiger partial charge in [0.05, 0.1) is 12.2 Å². The molecule has 132 valence electrons. The average molecular weight is 399 g/mol. The van der Waals surface area contributed by atoms with Crippen molar-refractivity contribution in [2.45, 2.75) is 55.6 Å². The molecule has 0 heterocycles. The van der Waals surface area contributed by atoms with Gasteiger partial charge in [-0.05, 0) is 60.8 Å². The number of aliphatic hydroxyl groups is 1. The fourth-order valence-corrected chi connectivity index (χ4v) is 6.81. The lowest BCUT2D eigenvalue weighted by atomic mass is 9.54. The van der Waals surface area contributed by atoms with Crippen LogP contribution in [0.2, 0.25) is 0 Å². The number of aryl methyl sites for hydroxylation is 1. The Bertz CT molecular complexity index is 666. The molecule has 0 aliphatic heterocycles. The Labute approximate surface area is 150 Å². The number of hydrogen-bond donors (Lipinski definition) is 2. The lowest BCUT2D eigenvalue weighted by molar-refractivity contribution is -0.0924. The summed E-state index contributed by atoms with van der Waals surface area (Å²) in [5.74, 6) is 0.0959. The Morgan fingerprint density at radius 3 is 2.83 bits per heavy atom. The molecule has 24 heavy (non-hydrogen) atoms. The zero-order valence-electron chi connectivity index (χ0n) is 14.0. The van der Waals surface area contributed by atoms with Crippen molar-refractivity contribution >= 4 is 15.9 Å². The zero-order chi connectivity index (χ0) is 17.2. The lowest BCUT2D eigenvalue weighted by Gasteiger charge is -2.53. The van der Waals surface area contributed by atoms with Crippen LogP contribution in [0.3, 0.4) is 0 Å². The van der Waals surface area contributed by atoms with Crippen molar-refractivity contribution in [3.63, 3.8) is 0 Å². The van der Waals surface area contributed by atoms with Gasteiger partial charge in [0.2, 0.25) is 0 Å². The van der Waals surface area contributed by atoms with Crippen LogP contribution in [-0.4, -0.2) is 34.4 Å². The van der Waals surface area contributed by atoms with Crippen LogP contribution in [0.4, 0.5) is 4.39 Å². The van der Waals surface area contributed by atoms with Gasteiger partial charge in [-0.15, -0.1) is 0 Å². The van der Waals surface area contributed by atoms with E-state index in [0.717, 1.165) is 36.8 Å². The SMILES string of the molecule is CO[C@H]1C[C@]2(C)[C@@H](O)[C@@H](Br)C[C@H]2[C@@H]2CCc3cc(O)c(F)cc3[C@H]21. The van der Waals surface area contributed by atoms with Crippen LogP contribution >= 0.6 is 15.9 Å². The first-order valence-electron chi connectivity index (χ1n) is 8.73. The van der Waals surface area contributed by atoms with Crippen LogP contribution in [0.5, 0.6) is 5.75 Å². The first-order valence-corrected chi connectivity index (χ1v) is 9.64. The summed E-state index contributed by atoms with van der Waals surface area (Å²) < 4.78 is 19.9. The summed E-state index contributed by atoms with van der Waals surface area (Å²) in [4.78, 5) is 0.113. The summed E-state index contributed by atoms with van der Waals surface area (Å²) in [6.45, 7) is 2.18. The second kappa shape index (κ2) is 5.68. The third kappa shape index (κ3) is 2.20. The predicted molar refractivity (Wildman–Crippen MR) is 93.0 cm³/mol. The number of halogens is 2. The van der Waals surface area contributed by atoms with Crippen LogP contribution in [0.1, 0.15) is 43.2 Å². The van der Waals surface area contributed by atoms with E-state index >= 15 is 0 Å². The Morgan fingerprint density at radius 2 is 2.12 bits per heavy atom. The second-order valence-electron chi connectivity index (χ2n) is 8.02. The van der Waals surface area contributed by atoms with E-state index < -0.39 is 5.82 Å². The molecule has 1 aromatic carbocycles. The highest BCUT2D eigenvalue weighted by molar-refractivity contribution is 9.09. The maximum atomic E-state index is 14.0. The van der Waals surface area contributed by atoms with Crippen molar-refractivity contribution in [3.05, 3.63) is 29.1 Å². The average Bonchev–Trinajstić information content (AvgIpc) is 2.78. The van der Waals surface area contributed by atoms with Gasteiger partial charge >= 0.3 is 0 Å². The van der Waals surface area contributed by atoms with Gasteiger partial charge in [0.25, 0.3) is 0 Å². The van der Waals surface area contributed by atoms with E-state index in [0.29, 0.717) is 11.8 Å². The summed E-state index contributed by atoms with van der Waals surface area (Å²) in [6.07, 6.45) is 3.16. The van der Waals surface area contributed by atoms with Gasteiger partial charge < -0.3 is 14.9 Å². The van der Waals surface area contributed by atoms with E-state index in [2.05, 4.69) is 22.9 Å². The third-order valence-electron chi connectivity index (χ3n) is 6.98. The summed E-state index contributed by atoms with van der Waals surface area (Å²) in [5, 5.41) is 20.4. The molecule has 1 aromatic rings. The molecule has 3 aliphatic rings. The summed E-state index contributed by atoms with van der Waals surface area (Å²) in [6, 6.07) is 3.09. The number of aromatic hydroxyl groups is 1. The molecule has 3 aliphatic carbocycles. The molecule has 0 amide bonds. The molecule has 2 fully saturated rings. The number of hydrogen-bond acceptors (Lipinski definition) is 3. The van der Waals surface area contributed by atoms with Crippen molar-refractivity contribution in [1.82, 2.24) is 0 Å². The number of benzene rings is 1. The van der Waals surface area contributed by atoms with Crippen LogP contribution in [0, 0.1) is 23.1 Å². The number of rotatable bonds is 1. The van der Waals surface area contributed by atoms with E-state index in [-0.39, 0.29) is 34.1 Å². The predicted octanol–water partition coefficient (Wildman–Crippen LogP) is 3.75. The Balaban J connectivity index is 1.80. The highest BCUT2D eigenvalue weighted by Crippen LogP contribution is 2.62. The maximum Gasteiger partial charge on any atom is 0.165 e. The van der Waals surface area contributed by atoms with E-state index in [4.69, 9.17) is 4.74 Å². The van der Waals surface area contributed by atoms with Gasteiger partial charge in [0.1, 0.15) is 0 Å². The van der Waals surface area contributed by atoms with Crippen molar-refractivity contribution in [1.29, 1.82) is 0 Å². The Morgan fingerprint density at radius 1 is 1.38 bits per heavy atom. The van der Waals surface area contributed by atoms with Gasteiger partial charge in [0, 0.05) is 23.3 Å². The van der Waals surface area contributed by atoms with Crippen molar-refractivity contribution in [2.24, 2.45) is 17.3 Å². The summed E-state index contributed by atoms with van der Waals surface area (Å²) >= 11 is 3.66. The maximum absolute atomic E-state index is 14.0. The first-order chi connectivity index (χ1) is 11.4. The van der Waals surface area contributed by atoms with Crippen LogP contribution < -0.4 is 0 Å². The molecule has 0 saturated heterocycles. The zero-order valence-corrected chi connectivity index (χ0v) is 15.6. The van der Waals surface area contributed by atoms with Gasteiger partial charge in [-0.25, -0.2) is 4.39 Å². The van der Waals surface area contributed by atoms with E-state index in [1.54, 1.807) is 13.2 Å². The van der Waals surface area contributed by atoms with E-state index in [9.17, 15) is 14.6 Å². The number of phenols is 1. The Hall–Kier alpha value is -0.650. The molecule has 7 atom stereocenters.